The lowest BCUT2D eigenvalue weighted by Gasteiger charge is -2.17. The third kappa shape index (κ3) is 2.63. The molecule has 1 aromatic carbocycles. The van der Waals surface area contributed by atoms with Crippen molar-refractivity contribution in [1.82, 2.24) is 14.5 Å². The van der Waals surface area contributed by atoms with Crippen LogP contribution in [0.4, 0.5) is 0 Å². The van der Waals surface area contributed by atoms with E-state index in [0.29, 0.717) is 12.3 Å². The van der Waals surface area contributed by atoms with Gasteiger partial charge in [-0.2, -0.15) is 0 Å². The van der Waals surface area contributed by atoms with Crippen LogP contribution in [-0.2, 0) is 13.6 Å². The first-order chi connectivity index (χ1) is 11.0. The number of nitrogens with zero attached hydrogens (tertiary/aromatic N) is 3. The Labute approximate surface area is 133 Å². The molecule has 0 aliphatic heterocycles. The van der Waals surface area contributed by atoms with Crippen LogP contribution >= 0.6 is 0 Å². The Kier molecular flexibility index (Phi) is 3.73. The standard InChI is InChI=1S/C17H17N3O3/c1-11-13(14-15(23-11)18-10-20(3)17(14)22)16(21)19(2)9-12-7-5-4-6-8-12/h4-8,10H,9H2,1-3H3. The average Bonchev–Trinajstić information content (AvgIpc) is 2.88. The fourth-order valence-electron chi connectivity index (χ4n) is 2.56. The average molecular weight is 311 g/mol. The van der Waals surface area contributed by atoms with Gasteiger partial charge in [0.2, 0.25) is 5.71 Å². The molecule has 0 radical (unpaired) electrons. The summed E-state index contributed by atoms with van der Waals surface area (Å²) in [6.45, 7) is 2.12. The quantitative estimate of drug-likeness (QED) is 0.743. The van der Waals surface area contributed by atoms with Gasteiger partial charge >= 0.3 is 0 Å². The highest BCUT2D eigenvalue weighted by Gasteiger charge is 2.24. The molecule has 6 nitrogen and oxygen atoms in total. The number of carbonyl (C=O) groups excluding carboxylic acids is 1. The maximum absolute atomic E-state index is 12.8. The highest BCUT2D eigenvalue weighted by Crippen LogP contribution is 2.22. The largest absolute Gasteiger partial charge is 0.442 e. The number of rotatable bonds is 3. The van der Waals surface area contributed by atoms with Crippen LogP contribution < -0.4 is 5.56 Å². The highest BCUT2D eigenvalue weighted by atomic mass is 16.3. The predicted octanol–water partition coefficient (Wildman–Crippen LogP) is 2.11. The van der Waals surface area contributed by atoms with Gasteiger partial charge in [-0.25, -0.2) is 4.98 Å². The Morgan fingerprint density at radius 3 is 2.70 bits per heavy atom. The summed E-state index contributed by atoms with van der Waals surface area (Å²) in [5.41, 5.74) is 1.21. The third-order valence-corrected chi connectivity index (χ3v) is 3.77. The second-order valence-electron chi connectivity index (χ2n) is 5.52. The summed E-state index contributed by atoms with van der Waals surface area (Å²) < 4.78 is 6.82. The first kappa shape index (κ1) is 15.0. The van der Waals surface area contributed by atoms with E-state index in [9.17, 15) is 9.59 Å². The Hall–Kier alpha value is -2.89. The van der Waals surface area contributed by atoms with E-state index < -0.39 is 0 Å². The van der Waals surface area contributed by atoms with E-state index in [1.807, 2.05) is 30.3 Å². The second kappa shape index (κ2) is 5.72. The lowest BCUT2D eigenvalue weighted by molar-refractivity contribution is 0.0785. The van der Waals surface area contributed by atoms with E-state index in [4.69, 9.17) is 4.42 Å². The molecule has 0 N–H and O–H groups in total. The molecule has 0 bridgehead atoms. The molecule has 0 saturated heterocycles. The van der Waals surface area contributed by atoms with Crippen molar-refractivity contribution in [1.29, 1.82) is 0 Å². The first-order valence-corrected chi connectivity index (χ1v) is 7.23. The predicted molar refractivity (Wildman–Crippen MR) is 86.2 cm³/mol. The van der Waals surface area contributed by atoms with Gasteiger partial charge in [0.25, 0.3) is 11.5 Å². The zero-order chi connectivity index (χ0) is 16.6. The van der Waals surface area contributed by atoms with Crippen LogP contribution in [0.2, 0.25) is 0 Å². The van der Waals surface area contributed by atoms with Crippen LogP contribution in [0.1, 0.15) is 21.7 Å². The molecule has 0 aliphatic rings. The third-order valence-electron chi connectivity index (χ3n) is 3.77. The molecule has 0 spiro atoms. The molecular formula is C17H17N3O3. The van der Waals surface area contributed by atoms with Crippen molar-refractivity contribution >= 4 is 17.0 Å². The SMILES string of the molecule is Cc1oc2ncn(C)c(=O)c2c1C(=O)N(C)Cc1ccccc1. The van der Waals surface area contributed by atoms with Gasteiger partial charge in [0.15, 0.2) is 0 Å². The molecule has 3 rings (SSSR count). The number of carbonyl (C=O) groups is 1. The number of hydrogen-bond acceptors (Lipinski definition) is 4. The van der Waals surface area contributed by atoms with Crippen molar-refractivity contribution < 1.29 is 9.21 Å². The van der Waals surface area contributed by atoms with Crippen molar-refractivity contribution in [3.63, 3.8) is 0 Å². The van der Waals surface area contributed by atoms with E-state index in [2.05, 4.69) is 4.98 Å². The topological polar surface area (TPSA) is 68.3 Å². The Bertz CT molecular complexity index is 925. The molecule has 0 atom stereocenters. The number of benzene rings is 1. The summed E-state index contributed by atoms with van der Waals surface area (Å²) in [6.07, 6.45) is 1.38. The fourth-order valence-corrected chi connectivity index (χ4v) is 2.56. The molecule has 0 fully saturated rings. The van der Waals surface area contributed by atoms with Gasteiger partial charge in [-0.05, 0) is 12.5 Å². The summed E-state index contributed by atoms with van der Waals surface area (Å²) in [5.74, 6) is 0.149. The Morgan fingerprint density at radius 2 is 2.00 bits per heavy atom. The zero-order valence-electron chi connectivity index (χ0n) is 13.2. The van der Waals surface area contributed by atoms with E-state index >= 15 is 0 Å². The van der Waals surface area contributed by atoms with Gasteiger partial charge in [-0.3, -0.25) is 9.59 Å². The van der Waals surface area contributed by atoms with Crippen LogP contribution in [0, 0.1) is 6.92 Å². The van der Waals surface area contributed by atoms with Gasteiger partial charge in [-0.15, -0.1) is 0 Å². The van der Waals surface area contributed by atoms with Gasteiger partial charge in [-0.1, -0.05) is 30.3 Å². The van der Waals surface area contributed by atoms with Crippen molar-refractivity contribution in [2.45, 2.75) is 13.5 Å². The fraction of sp³-hybridized carbons (Fsp3) is 0.235. The highest BCUT2D eigenvalue weighted by molar-refractivity contribution is 6.06. The van der Waals surface area contributed by atoms with Gasteiger partial charge < -0.3 is 13.9 Å². The van der Waals surface area contributed by atoms with Gasteiger partial charge in [0.05, 0.1) is 5.56 Å². The molecule has 1 amide bonds. The molecule has 23 heavy (non-hydrogen) atoms. The van der Waals surface area contributed by atoms with Crippen molar-refractivity contribution in [3.05, 3.63) is 63.9 Å². The molecule has 3 aromatic rings. The van der Waals surface area contributed by atoms with Crippen molar-refractivity contribution in [3.8, 4) is 0 Å². The summed E-state index contributed by atoms with van der Waals surface area (Å²) in [4.78, 5) is 30.8. The van der Waals surface area contributed by atoms with Crippen LogP contribution in [-0.4, -0.2) is 27.4 Å². The number of furan rings is 1. The van der Waals surface area contributed by atoms with Gasteiger partial charge in [0, 0.05) is 20.6 Å². The number of amides is 1. The normalized spacial score (nSPS) is 10.9. The van der Waals surface area contributed by atoms with E-state index in [0.717, 1.165) is 5.56 Å². The molecular weight excluding hydrogens is 294 g/mol. The van der Waals surface area contributed by atoms with Crippen LogP contribution in [0.5, 0.6) is 0 Å². The smallest absolute Gasteiger partial charge is 0.265 e. The van der Waals surface area contributed by atoms with Crippen LogP contribution in [0.3, 0.4) is 0 Å². The monoisotopic (exact) mass is 311 g/mol. The molecule has 0 unspecified atom stereocenters. The van der Waals surface area contributed by atoms with Crippen molar-refractivity contribution in [2.75, 3.05) is 7.05 Å². The second-order valence-corrected chi connectivity index (χ2v) is 5.52. The van der Waals surface area contributed by atoms with Crippen LogP contribution in [0.15, 0.2) is 45.9 Å². The summed E-state index contributed by atoms with van der Waals surface area (Å²) >= 11 is 0. The lowest BCUT2D eigenvalue weighted by atomic mass is 10.1. The molecule has 2 aromatic heterocycles. The Morgan fingerprint density at radius 1 is 1.30 bits per heavy atom. The molecule has 0 aliphatic carbocycles. The van der Waals surface area contributed by atoms with E-state index in [1.54, 1.807) is 25.9 Å². The summed E-state index contributed by atoms with van der Waals surface area (Å²) in [7, 11) is 3.30. The minimum Gasteiger partial charge on any atom is -0.442 e. The number of aromatic nitrogens is 2. The number of fused-ring (bicyclic) bond motifs is 1. The Balaban J connectivity index is 2.02. The number of hydrogen-bond donors (Lipinski definition) is 0. The first-order valence-electron chi connectivity index (χ1n) is 7.23. The van der Waals surface area contributed by atoms with Crippen molar-refractivity contribution in [2.24, 2.45) is 7.05 Å². The maximum Gasteiger partial charge on any atom is 0.265 e. The minimum atomic E-state index is -0.289. The molecule has 6 heteroatoms. The minimum absolute atomic E-state index is 0.196. The van der Waals surface area contributed by atoms with E-state index in [-0.39, 0.29) is 28.1 Å². The van der Waals surface area contributed by atoms with Gasteiger partial charge in [0.1, 0.15) is 17.5 Å². The molecule has 118 valence electrons. The molecule has 0 saturated carbocycles. The maximum atomic E-state index is 12.8. The van der Waals surface area contributed by atoms with Crippen LogP contribution in [0.25, 0.3) is 11.1 Å². The summed E-state index contributed by atoms with van der Waals surface area (Å²) in [6, 6.07) is 9.67. The number of aryl methyl sites for hydroxylation is 2. The lowest BCUT2D eigenvalue weighted by Crippen LogP contribution is -2.28. The summed E-state index contributed by atoms with van der Waals surface area (Å²) in [5, 5.41) is 0.234. The van der Waals surface area contributed by atoms with E-state index in [1.165, 1.54) is 10.9 Å². The zero-order valence-corrected chi connectivity index (χ0v) is 13.2. The molecule has 2 heterocycles.